The van der Waals surface area contributed by atoms with Crippen LogP contribution in [-0.4, -0.2) is 48.5 Å². The summed E-state index contributed by atoms with van der Waals surface area (Å²) in [7, 11) is 0. The van der Waals surface area contributed by atoms with Crippen molar-refractivity contribution in [1.82, 2.24) is 9.88 Å². The largest absolute Gasteiger partial charge is 0.418 e. The lowest BCUT2D eigenvalue weighted by atomic mass is 10.1. The Morgan fingerprint density at radius 3 is 2.43 bits per heavy atom. The summed E-state index contributed by atoms with van der Waals surface area (Å²) in [5, 5.41) is 2.71. The smallest absolute Gasteiger partial charge is 0.354 e. The average molecular weight is 433 g/mol. The second kappa shape index (κ2) is 8.55. The molecule has 0 aliphatic carbocycles. The molecule has 1 aromatic heterocycles. The predicted molar refractivity (Wildman–Crippen MR) is 103 cm³/mol. The molecule has 1 N–H and O–H groups in total. The number of rotatable bonds is 4. The standard InChI is InChI=1S/C18H17Cl2F3N4O/c19-12-4-5-15(24-10-12)27-8-6-26(7-9-27)11-16(28)25-17-13(18(21,22)23)2-1-3-14(17)20/h1-5,10H,6-9,11H2,(H,25,28). The van der Waals surface area contributed by atoms with Crippen molar-refractivity contribution in [3.05, 3.63) is 52.1 Å². The monoisotopic (exact) mass is 432 g/mol. The summed E-state index contributed by atoms with van der Waals surface area (Å²) in [4.78, 5) is 20.5. The van der Waals surface area contributed by atoms with Crippen LogP contribution in [0.4, 0.5) is 24.7 Å². The molecule has 1 aliphatic heterocycles. The van der Waals surface area contributed by atoms with E-state index in [-0.39, 0.29) is 11.6 Å². The van der Waals surface area contributed by atoms with Crippen molar-refractivity contribution in [1.29, 1.82) is 0 Å². The molecule has 5 nitrogen and oxygen atoms in total. The molecule has 0 radical (unpaired) electrons. The van der Waals surface area contributed by atoms with Gasteiger partial charge < -0.3 is 10.2 Å². The first kappa shape index (κ1) is 20.7. The van der Waals surface area contributed by atoms with Crippen LogP contribution in [-0.2, 0) is 11.0 Å². The number of nitrogens with zero attached hydrogens (tertiary/aromatic N) is 3. The van der Waals surface area contributed by atoms with E-state index in [1.165, 1.54) is 12.1 Å². The van der Waals surface area contributed by atoms with Crippen LogP contribution in [0.5, 0.6) is 0 Å². The van der Waals surface area contributed by atoms with Gasteiger partial charge in [0.05, 0.1) is 27.8 Å². The summed E-state index contributed by atoms with van der Waals surface area (Å²) in [6, 6.07) is 6.97. The van der Waals surface area contributed by atoms with E-state index in [9.17, 15) is 18.0 Å². The number of pyridine rings is 1. The van der Waals surface area contributed by atoms with Gasteiger partial charge in [0.1, 0.15) is 5.82 Å². The Kier molecular flexibility index (Phi) is 6.32. The van der Waals surface area contributed by atoms with Crippen LogP contribution in [0.15, 0.2) is 36.5 Å². The Labute approximate surface area is 170 Å². The zero-order valence-corrected chi connectivity index (χ0v) is 16.2. The fraction of sp³-hybridized carbons (Fsp3) is 0.333. The molecule has 0 spiro atoms. The molecule has 0 bridgehead atoms. The number of carbonyl (C=O) groups is 1. The highest BCUT2D eigenvalue weighted by Gasteiger charge is 2.35. The summed E-state index contributed by atoms with van der Waals surface area (Å²) in [6.45, 7) is 2.41. The zero-order valence-electron chi connectivity index (χ0n) is 14.6. The summed E-state index contributed by atoms with van der Waals surface area (Å²) in [5.41, 5.74) is -1.38. The summed E-state index contributed by atoms with van der Waals surface area (Å²) < 4.78 is 39.4. The second-order valence-corrected chi connectivity index (χ2v) is 7.15. The highest BCUT2D eigenvalue weighted by molar-refractivity contribution is 6.34. The van der Waals surface area contributed by atoms with E-state index in [2.05, 4.69) is 15.2 Å². The maximum Gasteiger partial charge on any atom is 0.418 e. The van der Waals surface area contributed by atoms with Crippen molar-refractivity contribution in [3.8, 4) is 0 Å². The fourth-order valence-corrected chi connectivity index (χ4v) is 3.29. The van der Waals surface area contributed by atoms with E-state index in [0.29, 0.717) is 31.2 Å². The SMILES string of the molecule is O=C(CN1CCN(c2ccc(Cl)cn2)CC1)Nc1c(Cl)cccc1C(F)(F)F. The van der Waals surface area contributed by atoms with Gasteiger partial charge in [-0.15, -0.1) is 0 Å². The molecule has 1 aromatic carbocycles. The van der Waals surface area contributed by atoms with Crippen LogP contribution < -0.4 is 10.2 Å². The lowest BCUT2D eigenvalue weighted by Gasteiger charge is -2.35. The second-order valence-electron chi connectivity index (χ2n) is 6.31. The number of aromatic nitrogens is 1. The topological polar surface area (TPSA) is 48.5 Å². The number of piperazine rings is 1. The maximum absolute atomic E-state index is 13.1. The first-order chi connectivity index (χ1) is 13.2. The minimum absolute atomic E-state index is 0.0234. The molecular formula is C18H17Cl2F3N4O. The van der Waals surface area contributed by atoms with Gasteiger partial charge in [-0.2, -0.15) is 13.2 Å². The minimum atomic E-state index is -4.61. The lowest BCUT2D eigenvalue weighted by Crippen LogP contribution is -2.49. The molecule has 0 unspecified atom stereocenters. The Balaban J connectivity index is 1.58. The predicted octanol–water partition coefficient (Wildman–Crippen LogP) is 4.17. The molecule has 2 aromatic rings. The van der Waals surface area contributed by atoms with Crippen LogP contribution in [0, 0.1) is 0 Å². The van der Waals surface area contributed by atoms with Gasteiger partial charge in [-0.3, -0.25) is 9.69 Å². The third kappa shape index (κ3) is 5.06. The lowest BCUT2D eigenvalue weighted by molar-refractivity contribution is -0.137. The Bertz CT molecular complexity index is 838. The number of amides is 1. The van der Waals surface area contributed by atoms with Gasteiger partial charge in [-0.25, -0.2) is 4.98 Å². The molecule has 1 amide bonds. The van der Waals surface area contributed by atoms with E-state index < -0.39 is 23.3 Å². The summed E-state index contributed by atoms with van der Waals surface area (Å²) in [6.07, 6.45) is -3.04. The molecular weight excluding hydrogens is 416 g/mol. The van der Waals surface area contributed by atoms with E-state index in [4.69, 9.17) is 23.2 Å². The van der Waals surface area contributed by atoms with E-state index >= 15 is 0 Å². The number of benzene rings is 1. The number of para-hydroxylation sites is 1. The number of alkyl halides is 3. The van der Waals surface area contributed by atoms with Gasteiger partial charge in [0.25, 0.3) is 0 Å². The normalized spacial score (nSPS) is 15.5. The third-order valence-electron chi connectivity index (χ3n) is 4.36. The maximum atomic E-state index is 13.1. The van der Waals surface area contributed by atoms with E-state index in [1.54, 1.807) is 12.3 Å². The van der Waals surface area contributed by atoms with Gasteiger partial charge in [0.2, 0.25) is 5.91 Å². The Morgan fingerprint density at radius 2 is 1.82 bits per heavy atom. The Hall–Kier alpha value is -2.03. The van der Waals surface area contributed by atoms with Crippen LogP contribution in [0.2, 0.25) is 10.0 Å². The van der Waals surface area contributed by atoms with Crippen LogP contribution >= 0.6 is 23.2 Å². The van der Waals surface area contributed by atoms with Crippen molar-refractivity contribution in [3.63, 3.8) is 0 Å². The summed E-state index contributed by atoms with van der Waals surface area (Å²) in [5.74, 6) is 0.246. The number of hydrogen-bond donors (Lipinski definition) is 1. The van der Waals surface area contributed by atoms with Gasteiger partial charge in [0, 0.05) is 32.4 Å². The number of carbonyl (C=O) groups excluding carboxylic acids is 1. The fourth-order valence-electron chi connectivity index (χ4n) is 2.96. The molecule has 1 saturated heterocycles. The van der Waals surface area contributed by atoms with Crippen LogP contribution in [0.25, 0.3) is 0 Å². The Morgan fingerprint density at radius 1 is 1.11 bits per heavy atom. The zero-order chi connectivity index (χ0) is 20.3. The first-order valence-electron chi connectivity index (χ1n) is 8.48. The third-order valence-corrected chi connectivity index (χ3v) is 4.90. The number of hydrogen-bond acceptors (Lipinski definition) is 4. The molecule has 2 heterocycles. The molecule has 10 heteroatoms. The van der Waals surface area contributed by atoms with E-state index in [1.807, 2.05) is 11.0 Å². The van der Waals surface area contributed by atoms with Crippen molar-refractivity contribution in [2.75, 3.05) is 42.9 Å². The van der Waals surface area contributed by atoms with Gasteiger partial charge >= 0.3 is 6.18 Å². The van der Waals surface area contributed by atoms with Crippen molar-refractivity contribution < 1.29 is 18.0 Å². The number of nitrogens with one attached hydrogen (secondary N) is 1. The van der Waals surface area contributed by atoms with Gasteiger partial charge in [-0.05, 0) is 24.3 Å². The van der Waals surface area contributed by atoms with Crippen LogP contribution in [0.3, 0.4) is 0 Å². The molecule has 1 fully saturated rings. The van der Waals surface area contributed by atoms with Crippen molar-refractivity contribution >= 4 is 40.6 Å². The first-order valence-corrected chi connectivity index (χ1v) is 9.24. The number of halogens is 5. The van der Waals surface area contributed by atoms with Crippen molar-refractivity contribution in [2.45, 2.75) is 6.18 Å². The highest BCUT2D eigenvalue weighted by atomic mass is 35.5. The molecule has 3 rings (SSSR count). The molecule has 150 valence electrons. The van der Waals surface area contributed by atoms with Crippen molar-refractivity contribution in [2.24, 2.45) is 0 Å². The minimum Gasteiger partial charge on any atom is -0.354 e. The average Bonchev–Trinajstić information content (AvgIpc) is 2.64. The molecule has 1 aliphatic rings. The van der Waals surface area contributed by atoms with Gasteiger partial charge in [0.15, 0.2) is 0 Å². The number of anilines is 2. The van der Waals surface area contributed by atoms with Gasteiger partial charge in [-0.1, -0.05) is 29.3 Å². The highest BCUT2D eigenvalue weighted by Crippen LogP contribution is 2.38. The quantitative estimate of drug-likeness (QED) is 0.787. The van der Waals surface area contributed by atoms with Crippen LogP contribution in [0.1, 0.15) is 5.56 Å². The summed E-state index contributed by atoms with van der Waals surface area (Å²) >= 11 is 11.7. The molecule has 0 atom stereocenters. The molecule has 0 saturated carbocycles. The van der Waals surface area contributed by atoms with E-state index in [0.717, 1.165) is 11.9 Å². The molecule has 28 heavy (non-hydrogen) atoms.